The van der Waals surface area contributed by atoms with Gasteiger partial charge in [-0.1, -0.05) is 18.9 Å². The molecule has 0 unspecified atom stereocenters. The molecule has 1 aliphatic heterocycles. The molecule has 1 saturated heterocycles. The highest BCUT2D eigenvalue weighted by Crippen LogP contribution is 2.50. The largest absolute Gasteiger partial charge is 0.386 e. The van der Waals surface area contributed by atoms with Crippen LogP contribution < -0.4 is 0 Å². The summed E-state index contributed by atoms with van der Waals surface area (Å²) in [6, 6.07) is 0. The Labute approximate surface area is 66.9 Å². The van der Waals surface area contributed by atoms with Gasteiger partial charge < -0.3 is 9.84 Å². The van der Waals surface area contributed by atoms with Crippen LogP contribution in [0.25, 0.3) is 0 Å². The molecule has 3 atom stereocenters. The molecule has 0 spiro atoms. The van der Waals surface area contributed by atoms with E-state index in [9.17, 15) is 5.11 Å². The van der Waals surface area contributed by atoms with Gasteiger partial charge in [0, 0.05) is 0 Å². The Kier molecular flexibility index (Phi) is 1.55. The predicted molar refractivity (Wildman–Crippen MR) is 42.3 cm³/mol. The zero-order valence-corrected chi connectivity index (χ0v) is 6.62. The standard InChI is InChI=1S/C9H14O2/c1-2-7(10)9-6-4-3-5-8(9)11-9/h2,7-8,10H,1,3-6H2/t7-,8+,9+/m1/s1. The van der Waals surface area contributed by atoms with Crippen molar-refractivity contribution in [2.75, 3.05) is 0 Å². The molecule has 0 amide bonds. The van der Waals surface area contributed by atoms with E-state index in [1.807, 2.05) is 0 Å². The summed E-state index contributed by atoms with van der Waals surface area (Å²) in [4.78, 5) is 0. The fourth-order valence-electron chi connectivity index (χ4n) is 2.09. The molecule has 1 heterocycles. The highest BCUT2D eigenvalue weighted by Gasteiger charge is 2.60. The van der Waals surface area contributed by atoms with Gasteiger partial charge in [0.05, 0.1) is 6.10 Å². The van der Waals surface area contributed by atoms with Crippen molar-refractivity contribution in [1.82, 2.24) is 0 Å². The van der Waals surface area contributed by atoms with Crippen LogP contribution in [0, 0.1) is 0 Å². The monoisotopic (exact) mass is 154 g/mol. The van der Waals surface area contributed by atoms with Crippen LogP contribution in [0.15, 0.2) is 12.7 Å². The number of hydrogen-bond donors (Lipinski definition) is 1. The average molecular weight is 154 g/mol. The Balaban J connectivity index is 2.06. The zero-order chi connectivity index (χ0) is 7.90. The number of rotatable bonds is 2. The van der Waals surface area contributed by atoms with Gasteiger partial charge in [-0.25, -0.2) is 0 Å². The lowest BCUT2D eigenvalue weighted by molar-refractivity contribution is 0.104. The number of epoxide rings is 1. The van der Waals surface area contributed by atoms with E-state index < -0.39 is 6.10 Å². The summed E-state index contributed by atoms with van der Waals surface area (Å²) in [7, 11) is 0. The quantitative estimate of drug-likeness (QED) is 0.479. The third kappa shape index (κ3) is 0.932. The summed E-state index contributed by atoms with van der Waals surface area (Å²) in [5.41, 5.74) is -0.208. The SMILES string of the molecule is C=C[C@@H](O)[C@@]12CCCC[C@@H]1O2. The minimum atomic E-state index is -0.451. The Hall–Kier alpha value is -0.340. The summed E-state index contributed by atoms with van der Waals surface area (Å²) < 4.78 is 5.50. The molecule has 1 saturated carbocycles. The Bertz CT molecular complexity index is 178. The molecule has 1 N–H and O–H groups in total. The second-order valence-electron chi connectivity index (χ2n) is 3.49. The average Bonchev–Trinajstić information content (AvgIpc) is 2.78. The van der Waals surface area contributed by atoms with Crippen LogP contribution >= 0.6 is 0 Å². The number of hydrogen-bond acceptors (Lipinski definition) is 2. The second-order valence-corrected chi connectivity index (χ2v) is 3.49. The van der Waals surface area contributed by atoms with Crippen LogP contribution in [-0.4, -0.2) is 22.9 Å². The highest BCUT2D eigenvalue weighted by molar-refractivity contribution is 5.13. The van der Waals surface area contributed by atoms with Gasteiger partial charge >= 0.3 is 0 Å². The van der Waals surface area contributed by atoms with Gasteiger partial charge in [-0.2, -0.15) is 0 Å². The normalized spacial score (nSPS) is 44.3. The Morgan fingerprint density at radius 2 is 2.45 bits per heavy atom. The second kappa shape index (κ2) is 2.32. The Morgan fingerprint density at radius 1 is 1.64 bits per heavy atom. The summed E-state index contributed by atoms with van der Waals surface area (Å²) in [5.74, 6) is 0. The molecule has 62 valence electrons. The number of aliphatic hydroxyl groups excluding tert-OH is 1. The molecule has 0 radical (unpaired) electrons. The van der Waals surface area contributed by atoms with Crippen molar-refractivity contribution < 1.29 is 9.84 Å². The van der Waals surface area contributed by atoms with Crippen LogP contribution in [0.4, 0.5) is 0 Å². The highest BCUT2D eigenvalue weighted by atomic mass is 16.6. The van der Waals surface area contributed by atoms with Crippen LogP contribution in [0.5, 0.6) is 0 Å². The fraction of sp³-hybridized carbons (Fsp3) is 0.778. The summed E-state index contributed by atoms with van der Waals surface area (Å²) in [6.45, 7) is 3.58. The molecule has 2 fully saturated rings. The molecule has 2 rings (SSSR count). The van der Waals surface area contributed by atoms with Gasteiger partial charge in [0.15, 0.2) is 0 Å². The third-order valence-corrected chi connectivity index (χ3v) is 2.86. The van der Waals surface area contributed by atoms with Gasteiger partial charge in [0.25, 0.3) is 0 Å². The van der Waals surface area contributed by atoms with E-state index in [-0.39, 0.29) is 5.60 Å². The molecule has 0 aromatic rings. The molecule has 1 aliphatic carbocycles. The smallest absolute Gasteiger partial charge is 0.124 e. The molecular formula is C9H14O2. The van der Waals surface area contributed by atoms with Crippen molar-refractivity contribution in [3.8, 4) is 0 Å². The van der Waals surface area contributed by atoms with E-state index in [1.165, 1.54) is 12.8 Å². The van der Waals surface area contributed by atoms with Crippen LogP contribution in [0.2, 0.25) is 0 Å². The van der Waals surface area contributed by atoms with Gasteiger partial charge in [0.2, 0.25) is 0 Å². The van der Waals surface area contributed by atoms with Gasteiger partial charge in [-0.3, -0.25) is 0 Å². The van der Waals surface area contributed by atoms with Crippen LogP contribution in [0.3, 0.4) is 0 Å². The van der Waals surface area contributed by atoms with E-state index in [0.29, 0.717) is 6.10 Å². The van der Waals surface area contributed by atoms with Crippen LogP contribution in [0.1, 0.15) is 25.7 Å². The number of ether oxygens (including phenoxy) is 1. The molecule has 11 heavy (non-hydrogen) atoms. The van der Waals surface area contributed by atoms with Crippen LogP contribution in [-0.2, 0) is 4.74 Å². The van der Waals surface area contributed by atoms with Crippen molar-refractivity contribution >= 4 is 0 Å². The van der Waals surface area contributed by atoms with E-state index >= 15 is 0 Å². The van der Waals surface area contributed by atoms with Crippen molar-refractivity contribution in [3.63, 3.8) is 0 Å². The molecule has 2 nitrogen and oxygen atoms in total. The Morgan fingerprint density at radius 3 is 3.09 bits per heavy atom. The lowest BCUT2D eigenvalue weighted by atomic mass is 9.85. The number of aliphatic hydroxyl groups is 1. The maximum absolute atomic E-state index is 9.54. The minimum Gasteiger partial charge on any atom is -0.386 e. The fourth-order valence-corrected chi connectivity index (χ4v) is 2.09. The van der Waals surface area contributed by atoms with E-state index in [1.54, 1.807) is 6.08 Å². The minimum absolute atomic E-state index is 0.208. The molecule has 2 aliphatic rings. The summed E-state index contributed by atoms with van der Waals surface area (Å²) >= 11 is 0. The molecule has 0 aromatic carbocycles. The zero-order valence-electron chi connectivity index (χ0n) is 6.62. The van der Waals surface area contributed by atoms with Crippen molar-refractivity contribution in [1.29, 1.82) is 0 Å². The lowest BCUT2D eigenvalue weighted by Crippen LogP contribution is -2.32. The van der Waals surface area contributed by atoms with Crippen molar-refractivity contribution in [2.24, 2.45) is 0 Å². The first-order chi connectivity index (χ1) is 5.29. The van der Waals surface area contributed by atoms with E-state index in [2.05, 4.69) is 6.58 Å². The molecular weight excluding hydrogens is 140 g/mol. The number of fused-ring (bicyclic) bond motifs is 1. The molecule has 0 bridgehead atoms. The first-order valence-electron chi connectivity index (χ1n) is 4.28. The van der Waals surface area contributed by atoms with E-state index in [0.717, 1.165) is 12.8 Å². The van der Waals surface area contributed by atoms with Gasteiger partial charge in [-0.05, 0) is 12.8 Å². The predicted octanol–water partition coefficient (Wildman–Crippen LogP) is 1.24. The molecule has 0 aromatic heterocycles. The van der Waals surface area contributed by atoms with E-state index in [4.69, 9.17) is 4.74 Å². The first-order valence-corrected chi connectivity index (χ1v) is 4.28. The maximum atomic E-state index is 9.54. The topological polar surface area (TPSA) is 32.8 Å². The van der Waals surface area contributed by atoms with Gasteiger partial charge in [-0.15, -0.1) is 6.58 Å². The maximum Gasteiger partial charge on any atom is 0.124 e. The third-order valence-electron chi connectivity index (χ3n) is 2.86. The summed E-state index contributed by atoms with van der Waals surface area (Å²) in [6.07, 6.45) is 6.01. The molecule has 2 heteroatoms. The van der Waals surface area contributed by atoms with Crippen molar-refractivity contribution in [3.05, 3.63) is 12.7 Å². The van der Waals surface area contributed by atoms with Gasteiger partial charge in [0.1, 0.15) is 11.7 Å². The van der Waals surface area contributed by atoms with Crippen molar-refractivity contribution in [2.45, 2.75) is 43.5 Å². The lowest BCUT2D eigenvalue weighted by Gasteiger charge is -2.19. The summed E-state index contributed by atoms with van der Waals surface area (Å²) in [5, 5.41) is 9.54. The first kappa shape index (κ1) is 7.32.